The van der Waals surface area contributed by atoms with Crippen molar-refractivity contribution in [2.45, 2.75) is 23.8 Å². The van der Waals surface area contributed by atoms with Crippen LogP contribution in [-0.2, 0) is 14.8 Å². The second-order valence-corrected chi connectivity index (χ2v) is 9.17. The van der Waals surface area contributed by atoms with Crippen molar-refractivity contribution in [1.82, 2.24) is 14.4 Å². The summed E-state index contributed by atoms with van der Waals surface area (Å²) in [5.74, 6) is 1.06. The van der Waals surface area contributed by atoms with Gasteiger partial charge in [0.25, 0.3) is 0 Å². The van der Waals surface area contributed by atoms with Crippen LogP contribution in [0, 0.1) is 0 Å². The van der Waals surface area contributed by atoms with Crippen LogP contribution in [0.25, 0.3) is 11.3 Å². The largest absolute Gasteiger partial charge is 0.356 e. The highest BCUT2D eigenvalue weighted by Crippen LogP contribution is 2.34. The van der Waals surface area contributed by atoms with Crippen molar-refractivity contribution in [2.75, 3.05) is 24.7 Å². The number of nitrogens with zero attached hydrogens (tertiary/aromatic N) is 3. The second kappa shape index (κ2) is 7.05. The highest BCUT2D eigenvalue weighted by molar-refractivity contribution is 8.00. The molecule has 2 aliphatic rings. The standard InChI is InChI=1S/C17H19N3O4S2/c21-17(19-9-3-4-10-19)14-11-25-12-20(14)26(22,23)16-6-2-1-5-13(16)15-7-8-18-24-15/h1-2,5-8,14H,3-4,9-12H2. The van der Waals surface area contributed by atoms with Gasteiger partial charge < -0.3 is 9.42 Å². The van der Waals surface area contributed by atoms with Crippen molar-refractivity contribution in [2.24, 2.45) is 0 Å². The van der Waals surface area contributed by atoms with E-state index in [2.05, 4.69) is 5.16 Å². The van der Waals surface area contributed by atoms with E-state index in [0.717, 1.165) is 12.8 Å². The molecule has 138 valence electrons. The molecule has 1 amide bonds. The van der Waals surface area contributed by atoms with Crippen molar-refractivity contribution in [3.05, 3.63) is 36.5 Å². The van der Waals surface area contributed by atoms with E-state index < -0.39 is 16.1 Å². The van der Waals surface area contributed by atoms with E-state index >= 15 is 0 Å². The fourth-order valence-corrected chi connectivity index (χ4v) is 6.72. The molecule has 1 atom stereocenters. The monoisotopic (exact) mass is 393 g/mol. The van der Waals surface area contributed by atoms with Gasteiger partial charge in [-0.25, -0.2) is 8.42 Å². The lowest BCUT2D eigenvalue weighted by Gasteiger charge is -2.27. The van der Waals surface area contributed by atoms with Gasteiger partial charge in [-0.2, -0.15) is 4.31 Å². The summed E-state index contributed by atoms with van der Waals surface area (Å²) >= 11 is 1.47. The number of hydrogen-bond acceptors (Lipinski definition) is 6. The first kappa shape index (κ1) is 17.6. The molecule has 0 radical (unpaired) electrons. The molecule has 1 unspecified atom stereocenters. The third kappa shape index (κ3) is 3.04. The highest BCUT2D eigenvalue weighted by atomic mass is 32.2. The Balaban J connectivity index is 1.69. The number of carbonyl (C=O) groups is 1. The number of sulfonamides is 1. The molecule has 1 aromatic carbocycles. The summed E-state index contributed by atoms with van der Waals surface area (Å²) in [6, 6.07) is 7.64. The lowest BCUT2D eigenvalue weighted by Crippen LogP contribution is -2.48. The molecule has 4 rings (SSSR count). The molecular formula is C17H19N3O4S2. The van der Waals surface area contributed by atoms with Gasteiger partial charge in [0.05, 0.1) is 17.0 Å². The number of benzene rings is 1. The molecule has 1 aromatic heterocycles. The molecule has 2 aromatic rings. The van der Waals surface area contributed by atoms with E-state index in [9.17, 15) is 13.2 Å². The Hall–Kier alpha value is -1.84. The summed E-state index contributed by atoms with van der Waals surface area (Å²) in [6.45, 7) is 1.42. The van der Waals surface area contributed by atoms with Gasteiger partial charge in [-0.3, -0.25) is 4.79 Å². The molecule has 0 saturated carbocycles. The molecule has 0 aliphatic carbocycles. The van der Waals surface area contributed by atoms with E-state index in [1.807, 2.05) is 0 Å². The normalized spacial score (nSPS) is 21.4. The Bertz CT molecular complexity index is 892. The molecule has 7 nitrogen and oxygen atoms in total. The smallest absolute Gasteiger partial charge is 0.245 e. The molecule has 0 spiro atoms. The second-order valence-electron chi connectivity index (χ2n) is 6.31. The number of thioether (sulfide) groups is 1. The molecule has 0 N–H and O–H groups in total. The highest BCUT2D eigenvalue weighted by Gasteiger charge is 2.42. The molecule has 2 fully saturated rings. The van der Waals surface area contributed by atoms with Gasteiger partial charge in [-0.1, -0.05) is 17.3 Å². The first-order valence-electron chi connectivity index (χ1n) is 8.47. The molecule has 2 saturated heterocycles. The van der Waals surface area contributed by atoms with Crippen molar-refractivity contribution in [3.63, 3.8) is 0 Å². The van der Waals surface area contributed by atoms with E-state index in [4.69, 9.17) is 4.52 Å². The maximum Gasteiger partial charge on any atom is 0.245 e. The number of hydrogen-bond donors (Lipinski definition) is 0. The summed E-state index contributed by atoms with van der Waals surface area (Å²) in [6.07, 6.45) is 3.43. The van der Waals surface area contributed by atoms with Gasteiger partial charge in [0.15, 0.2) is 5.76 Å². The third-order valence-corrected chi connectivity index (χ3v) is 7.81. The number of rotatable bonds is 4. The summed E-state index contributed by atoms with van der Waals surface area (Å²) in [5.41, 5.74) is 0.453. The minimum atomic E-state index is -3.84. The van der Waals surface area contributed by atoms with E-state index in [1.165, 1.54) is 22.3 Å². The Morgan fingerprint density at radius 1 is 1.19 bits per heavy atom. The van der Waals surface area contributed by atoms with Gasteiger partial charge in [-0.15, -0.1) is 11.8 Å². The number of aromatic nitrogens is 1. The van der Waals surface area contributed by atoms with Crippen molar-refractivity contribution in [3.8, 4) is 11.3 Å². The maximum atomic E-state index is 13.4. The van der Waals surface area contributed by atoms with Gasteiger partial charge in [0.1, 0.15) is 6.04 Å². The Morgan fingerprint density at radius 2 is 1.96 bits per heavy atom. The van der Waals surface area contributed by atoms with Gasteiger partial charge >= 0.3 is 0 Å². The van der Waals surface area contributed by atoms with Crippen LogP contribution >= 0.6 is 11.8 Å². The fraction of sp³-hybridized carbons (Fsp3) is 0.412. The number of amides is 1. The van der Waals surface area contributed by atoms with Gasteiger partial charge in [0, 0.05) is 30.5 Å². The molecule has 2 aliphatic heterocycles. The maximum absolute atomic E-state index is 13.4. The summed E-state index contributed by atoms with van der Waals surface area (Å²) in [4.78, 5) is 14.7. The summed E-state index contributed by atoms with van der Waals surface area (Å²) in [5, 5.41) is 3.67. The van der Waals surface area contributed by atoms with Crippen LogP contribution in [-0.4, -0.2) is 59.4 Å². The molecule has 3 heterocycles. The minimum absolute atomic E-state index is 0.0896. The Labute approximate surface area is 156 Å². The predicted molar refractivity (Wildman–Crippen MR) is 97.9 cm³/mol. The summed E-state index contributed by atoms with van der Waals surface area (Å²) < 4.78 is 33.2. The minimum Gasteiger partial charge on any atom is -0.356 e. The van der Waals surface area contributed by atoms with E-state index in [-0.39, 0.29) is 16.7 Å². The Kier molecular flexibility index (Phi) is 4.76. The zero-order valence-corrected chi connectivity index (χ0v) is 15.7. The van der Waals surface area contributed by atoms with Crippen LogP contribution in [0.2, 0.25) is 0 Å². The van der Waals surface area contributed by atoms with E-state index in [0.29, 0.717) is 30.2 Å². The summed E-state index contributed by atoms with van der Waals surface area (Å²) in [7, 11) is -3.84. The van der Waals surface area contributed by atoms with Crippen molar-refractivity contribution in [1.29, 1.82) is 0 Å². The van der Waals surface area contributed by atoms with Gasteiger partial charge in [0.2, 0.25) is 15.9 Å². The van der Waals surface area contributed by atoms with Crippen molar-refractivity contribution >= 4 is 27.7 Å². The zero-order chi connectivity index (χ0) is 18.1. The van der Waals surface area contributed by atoms with Crippen LogP contribution in [0.15, 0.2) is 45.9 Å². The number of carbonyl (C=O) groups excluding carboxylic acids is 1. The van der Waals surface area contributed by atoms with Crippen LogP contribution in [0.1, 0.15) is 12.8 Å². The molecule has 26 heavy (non-hydrogen) atoms. The van der Waals surface area contributed by atoms with Crippen LogP contribution in [0.5, 0.6) is 0 Å². The molecule has 9 heteroatoms. The predicted octanol–water partition coefficient (Wildman–Crippen LogP) is 2.03. The van der Waals surface area contributed by atoms with Gasteiger partial charge in [-0.05, 0) is 25.0 Å². The average molecular weight is 393 g/mol. The fourth-order valence-electron chi connectivity index (χ4n) is 3.38. The molecular weight excluding hydrogens is 374 g/mol. The first-order valence-corrected chi connectivity index (χ1v) is 11.1. The Morgan fingerprint density at radius 3 is 2.69 bits per heavy atom. The lowest BCUT2D eigenvalue weighted by atomic mass is 10.2. The SMILES string of the molecule is O=C(C1CSCN1S(=O)(=O)c1ccccc1-c1ccno1)N1CCCC1. The topological polar surface area (TPSA) is 83.7 Å². The number of likely N-dealkylation sites (tertiary alicyclic amines) is 1. The lowest BCUT2D eigenvalue weighted by molar-refractivity contribution is -0.133. The quantitative estimate of drug-likeness (QED) is 0.790. The van der Waals surface area contributed by atoms with E-state index in [1.54, 1.807) is 35.2 Å². The van der Waals surface area contributed by atoms with Crippen molar-refractivity contribution < 1.29 is 17.7 Å². The molecule has 0 bridgehead atoms. The average Bonchev–Trinajstić information content (AvgIpc) is 3.43. The first-order chi connectivity index (χ1) is 12.6. The third-order valence-electron chi connectivity index (χ3n) is 4.72. The van der Waals surface area contributed by atoms with Crippen LogP contribution in [0.4, 0.5) is 0 Å². The zero-order valence-electron chi connectivity index (χ0n) is 14.1. The van der Waals surface area contributed by atoms with Crippen LogP contribution in [0.3, 0.4) is 0 Å². The van der Waals surface area contributed by atoms with Crippen LogP contribution < -0.4 is 0 Å².